The Bertz CT molecular complexity index is 936. The number of ether oxygens (including phenoxy) is 1. The predicted molar refractivity (Wildman–Crippen MR) is 93.8 cm³/mol. The molecule has 0 saturated carbocycles. The van der Waals surface area contributed by atoms with Crippen molar-refractivity contribution in [3.63, 3.8) is 0 Å². The van der Waals surface area contributed by atoms with Gasteiger partial charge >= 0.3 is 0 Å². The summed E-state index contributed by atoms with van der Waals surface area (Å²) in [6.07, 6.45) is 3.30. The van der Waals surface area contributed by atoms with Gasteiger partial charge in [-0.15, -0.1) is 0 Å². The number of nitrogens with zero attached hydrogens (tertiary/aromatic N) is 3. The molecule has 25 heavy (non-hydrogen) atoms. The van der Waals surface area contributed by atoms with Gasteiger partial charge in [-0.3, -0.25) is 9.78 Å². The highest BCUT2D eigenvalue weighted by Crippen LogP contribution is 2.40. The van der Waals surface area contributed by atoms with Crippen molar-refractivity contribution < 1.29 is 4.74 Å². The quantitative estimate of drug-likeness (QED) is 0.929. The molecule has 1 unspecified atom stereocenters. The lowest BCUT2D eigenvalue weighted by atomic mass is 9.84. The fourth-order valence-corrected chi connectivity index (χ4v) is 3.16. The van der Waals surface area contributed by atoms with Gasteiger partial charge in [-0.2, -0.15) is 5.26 Å². The van der Waals surface area contributed by atoms with Gasteiger partial charge in [0.25, 0.3) is 5.56 Å². The van der Waals surface area contributed by atoms with E-state index in [0.717, 1.165) is 11.3 Å². The summed E-state index contributed by atoms with van der Waals surface area (Å²) in [6, 6.07) is 7.52. The Balaban J connectivity index is 2.30. The van der Waals surface area contributed by atoms with Gasteiger partial charge < -0.3 is 15.0 Å². The maximum atomic E-state index is 13.2. The van der Waals surface area contributed by atoms with Gasteiger partial charge in [0.1, 0.15) is 17.4 Å². The van der Waals surface area contributed by atoms with Crippen molar-refractivity contribution in [3.8, 4) is 11.8 Å². The Morgan fingerprint density at radius 2 is 2.24 bits per heavy atom. The van der Waals surface area contributed by atoms with Crippen molar-refractivity contribution in [2.75, 3.05) is 0 Å². The smallest absolute Gasteiger partial charge is 0.258 e. The Hall–Kier alpha value is -3.07. The number of fused-ring (bicyclic) bond motifs is 1. The van der Waals surface area contributed by atoms with Crippen molar-refractivity contribution >= 4 is 0 Å². The van der Waals surface area contributed by atoms with E-state index in [1.54, 1.807) is 23.0 Å². The van der Waals surface area contributed by atoms with Crippen LogP contribution < -0.4 is 16.0 Å². The summed E-state index contributed by atoms with van der Waals surface area (Å²) >= 11 is 0. The maximum absolute atomic E-state index is 13.2. The van der Waals surface area contributed by atoms with Crippen LogP contribution >= 0.6 is 0 Å². The lowest BCUT2D eigenvalue weighted by Crippen LogP contribution is -2.33. The van der Waals surface area contributed by atoms with Crippen molar-refractivity contribution in [1.29, 1.82) is 5.26 Å². The maximum Gasteiger partial charge on any atom is 0.258 e. The largest absolute Gasteiger partial charge is 0.440 e. The average Bonchev–Trinajstić information content (AvgIpc) is 2.58. The summed E-state index contributed by atoms with van der Waals surface area (Å²) in [4.78, 5) is 17.3. The molecular weight excluding hydrogens is 316 g/mol. The fraction of sp³-hybridized carbons (Fsp3) is 0.316. The molecule has 3 rings (SSSR count). The van der Waals surface area contributed by atoms with E-state index in [0.29, 0.717) is 23.8 Å². The number of nitrogens with two attached hydrogens (primary N) is 1. The van der Waals surface area contributed by atoms with Crippen molar-refractivity contribution in [1.82, 2.24) is 9.55 Å². The molecule has 1 atom stereocenters. The van der Waals surface area contributed by atoms with E-state index in [2.05, 4.69) is 24.9 Å². The van der Waals surface area contributed by atoms with Gasteiger partial charge in [-0.1, -0.05) is 19.9 Å². The van der Waals surface area contributed by atoms with E-state index in [1.165, 1.54) is 0 Å². The summed E-state index contributed by atoms with van der Waals surface area (Å²) in [5, 5.41) is 9.58. The molecule has 0 bridgehead atoms. The summed E-state index contributed by atoms with van der Waals surface area (Å²) in [5.74, 6) is 0.179. The van der Waals surface area contributed by atoms with Crippen LogP contribution in [0.25, 0.3) is 0 Å². The van der Waals surface area contributed by atoms with E-state index in [1.807, 2.05) is 19.1 Å². The van der Waals surface area contributed by atoms with E-state index in [-0.39, 0.29) is 17.0 Å². The molecule has 0 saturated heterocycles. The third-order valence-electron chi connectivity index (χ3n) is 4.26. The van der Waals surface area contributed by atoms with E-state index < -0.39 is 5.92 Å². The van der Waals surface area contributed by atoms with Crippen LogP contribution in [0.2, 0.25) is 0 Å². The highest BCUT2D eigenvalue weighted by Gasteiger charge is 2.34. The van der Waals surface area contributed by atoms with Gasteiger partial charge in [0, 0.05) is 30.7 Å². The number of hydrogen-bond acceptors (Lipinski definition) is 5. The molecule has 2 N–H and O–H groups in total. The zero-order chi connectivity index (χ0) is 18.1. The average molecular weight is 336 g/mol. The van der Waals surface area contributed by atoms with Crippen molar-refractivity contribution in [2.24, 2.45) is 11.7 Å². The third kappa shape index (κ3) is 2.89. The summed E-state index contributed by atoms with van der Waals surface area (Å²) < 4.78 is 7.34. The molecule has 0 aromatic carbocycles. The van der Waals surface area contributed by atoms with Crippen LogP contribution in [0.4, 0.5) is 0 Å². The van der Waals surface area contributed by atoms with Crippen LogP contribution in [0.3, 0.4) is 0 Å². The van der Waals surface area contributed by atoms with Crippen LogP contribution in [0.5, 0.6) is 5.75 Å². The molecule has 1 aliphatic rings. The second-order valence-corrected chi connectivity index (χ2v) is 6.58. The van der Waals surface area contributed by atoms with Crippen LogP contribution in [-0.2, 0) is 6.54 Å². The first-order valence-electron chi connectivity index (χ1n) is 8.15. The lowest BCUT2D eigenvalue weighted by Gasteiger charge is -2.27. The first-order chi connectivity index (χ1) is 11.9. The number of rotatable bonds is 3. The predicted octanol–water partition coefficient (Wildman–Crippen LogP) is 2.43. The normalized spacial score (nSPS) is 16.4. The second-order valence-electron chi connectivity index (χ2n) is 6.58. The minimum atomic E-state index is -0.575. The molecule has 1 aliphatic heterocycles. The highest BCUT2D eigenvalue weighted by molar-refractivity contribution is 5.54. The third-order valence-corrected chi connectivity index (χ3v) is 4.26. The summed E-state index contributed by atoms with van der Waals surface area (Å²) in [6.45, 7) is 6.57. The minimum Gasteiger partial charge on any atom is -0.440 e. The Morgan fingerprint density at radius 1 is 1.48 bits per heavy atom. The molecule has 0 amide bonds. The van der Waals surface area contributed by atoms with Crippen LogP contribution in [-0.4, -0.2) is 9.55 Å². The molecule has 0 spiro atoms. The standard InChI is InChI=1S/C19H20N4O2/c1-11(2)10-23-12(3)7-15-17(19(23)24)16(13-5-4-6-22-9-13)14(8-20)18(21)25-15/h4-7,9,11,16H,10,21H2,1-3H3. The first kappa shape index (κ1) is 16.8. The molecule has 0 fully saturated rings. The minimum absolute atomic E-state index is 0.0317. The topological polar surface area (TPSA) is 93.9 Å². The molecule has 128 valence electrons. The molecule has 6 heteroatoms. The SMILES string of the molecule is Cc1cc2c(c(=O)n1CC(C)C)C(c1cccnc1)C(C#N)=C(N)O2. The lowest BCUT2D eigenvalue weighted by molar-refractivity contribution is 0.386. The molecular formula is C19H20N4O2. The Morgan fingerprint density at radius 3 is 2.84 bits per heavy atom. The number of allylic oxidation sites excluding steroid dienone is 1. The zero-order valence-electron chi connectivity index (χ0n) is 14.5. The molecule has 2 aromatic rings. The Kier molecular flexibility index (Phi) is 4.32. The monoisotopic (exact) mass is 336 g/mol. The second kappa shape index (κ2) is 6.44. The fourth-order valence-electron chi connectivity index (χ4n) is 3.16. The van der Waals surface area contributed by atoms with Crippen LogP contribution in [0, 0.1) is 24.2 Å². The van der Waals surface area contributed by atoms with Crippen LogP contribution in [0.1, 0.15) is 36.6 Å². The van der Waals surface area contributed by atoms with Gasteiger partial charge in [0.15, 0.2) is 0 Å². The molecule has 0 radical (unpaired) electrons. The van der Waals surface area contributed by atoms with E-state index in [9.17, 15) is 10.1 Å². The number of hydrogen-bond donors (Lipinski definition) is 1. The summed E-state index contributed by atoms with van der Waals surface area (Å²) in [5.41, 5.74) is 8.01. The molecule has 3 heterocycles. The van der Waals surface area contributed by atoms with Gasteiger partial charge in [0.2, 0.25) is 5.88 Å². The van der Waals surface area contributed by atoms with Gasteiger partial charge in [0.05, 0.1) is 11.5 Å². The number of nitriles is 1. The molecule has 6 nitrogen and oxygen atoms in total. The van der Waals surface area contributed by atoms with Crippen molar-refractivity contribution in [3.05, 3.63) is 69.2 Å². The summed E-state index contributed by atoms with van der Waals surface area (Å²) in [7, 11) is 0. The molecule has 2 aromatic heterocycles. The number of pyridine rings is 2. The van der Waals surface area contributed by atoms with E-state index in [4.69, 9.17) is 10.5 Å². The van der Waals surface area contributed by atoms with Gasteiger partial charge in [-0.05, 0) is 24.5 Å². The highest BCUT2D eigenvalue weighted by atomic mass is 16.5. The van der Waals surface area contributed by atoms with Gasteiger partial charge in [-0.25, -0.2) is 0 Å². The number of aromatic nitrogens is 2. The Labute approximate surface area is 146 Å². The first-order valence-corrected chi connectivity index (χ1v) is 8.15. The van der Waals surface area contributed by atoms with E-state index >= 15 is 0 Å². The zero-order valence-corrected chi connectivity index (χ0v) is 14.5. The molecule has 0 aliphatic carbocycles. The van der Waals surface area contributed by atoms with Crippen LogP contribution in [0.15, 0.2) is 46.8 Å². The number of aryl methyl sites for hydroxylation is 1. The van der Waals surface area contributed by atoms with Crippen molar-refractivity contribution in [2.45, 2.75) is 33.2 Å².